The van der Waals surface area contributed by atoms with Crippen molar-refractivity contribution in [1.29, 1.82) is 0 Å². The third kappa shape index (κ3) is 21.6. The normalized spacial score (nSPS) is 39.6. The Kier molecular flexibility index (Phi) is 28.2. The van der Waals surface area contributed by atoms with Crippen LogP contribution >= 0.6 is 0 Å². The van der Waals surface area contributed by atoms with E-state index in [0.29, 0.717) is 5.56 Å². The summed E-state index contributed by atoms with van der Waals surface area (Å²) < 4.78 is 35.0. The molecule has 4 aliphatic heterocycles. The number of nitrogens with one attached hydrogen (secondary N) is 1. The molecule has 0 amide bonds. The molecule has 1 aromatic rings. The standard InChI is InChI=1S/C60H87NO22/c1-34-20-16-13-11-9-7-5-6-8-10-12-14-19-23-42(81-59-55(74)51(53(72)37(4)80-59)61-32-46(68)54(73)56-47(69)33-78-58(82-56)38-21-17-15-18-22-38)29-48-50(57(75)76)45(67)31-60(77,83-48)30-41(64)27-44(66)43(65)25-24-39(62)26-40(63)28-49(70)79-36(3)35(2)52(34)71/h5-23,34-37,39-45,47-48,50-56,58-59,61-67,69,71-74,77H,24-33H2,1-4H3,(H,75,76)/t34-,35-,36-,37+,39+,40-,41-,42-,43+,44+,45-,47+,48-,50+,51-,52+,53+,54+,55-,56+,58?,59-,60+/m0/s1. The number of Topliss-reactive ketones (excluding diaryl/α,β-unsaturated/α-hetero) is 1. The third-order valence-corrected chi connectivity index (χ3v) is 15.3. The Morgan fingerprint density at radius 2 is 1.29 bits per heavy atom. The van der Waals surface area contributed by atoms with Crippen LogP contribution in [0.5, 0.6) is 0 Å². The van der Waals surface area contributed by atoms with Crippen LogP contribution in [-0.2, 0) is 42.8 Å². The van der Waals surface area contributed by atoms with E-state index in [0.717, 1.165) is 0 Å². The van der Waals surface area contributed by atoms with Gasteiger partial charge in [-0.05, 0) is 33.1 Å². The molecule has 23 heteroatoms. The molecule has 5 rings (SSSR count). The number of carbonyl (C=O) groups excluding carboxylic acids is 2. The van der Waals surface area contributed by atoms with Crippen molar-refractivity contribution in [2.45, 2.75) is 201 Å². The first kappa shape index (κ1) is 69.1. The van der Waals surface area contributed by atoms with E-state index < -0.39 is 190 Å². The molecule has 14 N–H and O–H groups in total. The predicted molar refractivity (Wildman–Crippen MR) is 298 cm³/mol. The molecule has 4 heterocycles. The smallest absolute Gasteiger partial charge is 0.311 e. The minimum absolute atomic E-state index is 0.145. The molecule has 0 spiro atoms. The number of benzene rings is 1. The number of esters is 1. The monoisotopic (exact) mass is 1170 g/mol. The lowest BCUT2D eigenvalue weighted by Crippen LogP contribution is -2.64. The molecule has 23 atom stereocenters. The lowest BCUT2D eigenvalue weighted by Gasteiger charge is -2.45. The maximum absolute atomic E-state index is 13.4. The average Bonchev–Trinajstić information content (AvgIpc) is 3.55. The zero-order chi connectivity index (χ0) is 61.0. The highest BCUT2D eigenvalue weighted by molar-refractivity contribution is 5.85. The summed E-state index contributed by atoms with van der Waals surface area (Å²) in [5.41, 5.74) is 0.582. The van der Waals surface area contributed by atoms with Gasteiger partial charge in [0.2, 0.25) is 0 Å². The van der Waals surface area contributed by atoms with E-state index in [4.69, 9.17) is 28.4 Å². The molecular formula is C60H87NO22. The molecule has 0 aliphatic carbocycles. The molecule has 4 aliphatic rings. The molecule has 3 fully saturated rings. The van der Waals surface area contributed by atoms with E-state index in [1.807, 2.05) is 6.92 Å². The molecule has 83 heavy (non-hydrogen) atoms. The zero-order valence-electron chi connectivity index (χ0n) is 47.2. The van der Waals surface area contributed by atoms with Crippen LogP contribution < -0.4 is 5.32 Å². The molecule has 23 nitrogen and oxygen atoms in total. The van der Waals surface area contributed by atoms with Gasteiger partial charge in [0.25, 0.3) is 0 Å². The van der Waals surface area contributed by atoms with Gasteiger partial charge < -0.3 is 100 Å². The first-order valence-electron chi connectivity index (χ1n) is 28.3. The van der Waals surface area contributed by atoms with Crippen molar-refractivity contribution in [3.05, 3.63) is 121 Å². The van der Waals surface area contributed by atoms with Gasteiger partial charge >= 0.3 is 11.9 Å². The van der Waals surface area contributed by atoms with Crippen LogP contribution in [0.3, 0.4) is 0 Å². The summed E-state index contributed by atoms with van der Waals surface area (Å²) in [7, 11) is 0. The minimum atomic E-state index is -2.42. The average molecular weight is 1170 g/mol. The van der Waals surface area contributed by atoms with Gasteiger partial charge in [-0.15, -0.1) is 0 Å². The van der Waals surface area contributed by atoms with Crippen molar-refractivity contribution in [2.24, 2.45) is 17.8 Å². The van der Waals surface area contributed by atoms with Crippen molar-refractivity contribution in [3.8, 4) is 0 Å². The van der Waals surface area contributed by atoms with Crippen molar-refractivity contribution >= 4 is 17.7 Å². The second kappa shape index (κ2) is 33.8. The van der Waals surface area contributed by atoms with Crippen molar-refractivity contribution < 1.29 is 109 Å². The van der Waals surface area contributed by atoms with Gasteiger partial charge in [-0.1, -0.05) is 129 Å². The van der Waals surface area contributed by atoms with Crippen LogP contribution in [0.25, 0.3) is 0 Å². The molecular weight excluding hydrogens is 1090 g/mol. The predicted octanol–water partition coefficient (Wildman–Crippen LogP) is 0.748. The summed E-state index contributed by atoms with van der Waals surface area (Å²) in [5.74, 6) is -8.04. The first-order chi connectivity index (χ1) is 39.4. The molecule has 3 saturated heterocycles. The van der Waals surface area contributed by atoms with Gasteiger partial charge in [-0.25, -0.2) is 0 Å². The van der Waals surface area contributed by atoms with E-state index in [-0.39, 0.29) is 31.8 Å². The van der Waals surface area contributed by atoms with E-state index in [1.54, 1.807) is 117 Å². The van der Waals surface area contributed by atoms with E-state index in [9.17, 15) is 80.8 Å². The van der Waals surface area contributed by atoms with Crippen LogP contribution in [-0.4, -0.2) is 213 Å². The second-order valence-corrected chi connectivity index (χ2v) is 22.1. The third-order valence-electron chi connectivity index (χ3n) is 15.3. The fourth-order valence-corrected chi connectivity index (χ4v) is 10.3. The number of aliphatic hydroxyl groups is 12. The van der Waals surface area contributed by atoms with Crippen LogP contribution in [0, 0.1) is 17.8 Å². The summed E-state index contributed by atoms with van der Waals surface area (Å²) in [4.78, 5) is 38.9. The topological polar surface area (TPSA) is 382 Å². The first-order valence-corrected chi connectivity index (χ1v) is 28.3. The highest BCUT2D eigenvalue weighted by Gasteiger charge is 2.51. The number of hydrogen-bond donors (Lipinski definition) is 14. The summed E-state index contributed by atoms with van der Waals surface area (Å²) in [6.07, 6.45) is -4.73. The highest BCUT2D eigenvalue weighted by atomic mass is 16.7. The van der Waals surface area contributed by atoms with E-state index in [2.05, 4.69) is 5.32 Å². The number of hydrogen-bond acceptors (Lipinski definition) is 22. The Morgan fingerprint density at radius 3 is 1.92 bits per heavy atom. The maximum atomic E-state index is 13.4. The number of carboxylic acids is 1. The number of ether oxygens (including phenoxy) is 6. The van der Waals surface area contributed by atoms with Crippen molar-refractivity contribution in [2.75, 3.05) is 13.2 Å². The number of aliphatic carboxylic acids is 1. The maximum Gasteiger partial charge on any atom is 0.311 e. The minimum Gasteiger partial charge on any atom is -0.481 e. The van der Waals surface area contributed by atoms with Gasteiger partial charge in [0.05, 0.1) is 92.8 Å². The highest BCUT2D eigenvalue weighted by Crippen LogP contribution is 2.38. The summed E-state index contributed by atoms with van der Waals surface area (Å²) in [6, 6.07) is 7.32. The summed E-state index contributed by atoms with van der Waals surface area (Å²) in [5, 5.41) is 146. The van der Waals surface area contributed by atoms with Gasteiger partial charge in [0, 0.05) is 43.1 Å². The van der Waals surface area contributed by atoms with Gasteiger partial charge in [-0.3, -0.25) is 14.4 Å². The quantitative estimate of drug-likeness (QED) is 0.152. The number of carboxylic acid groups (broad SMARTS) is 1. The number of aliphatic hydroxyl groups excluding tert-OH is 11. The van der Waals surface area contributed by atoms with Crippen LogP contribution in [0.1, 0.15) is 90.9 Å². The number of cyclic esters (lactones) is 1. The lowest BCUT2D eigenvalue weighted by molar-refractivity contribution is -0.309. The Labute approximate surface area is 483 Å². The SMILES string of the molecule is C[C@@H]1[C@H](O)[C@@H](C)C=CC=CC=CC=CC=CC=CC=C[C@H](O[C@@H]2O[C@H](C)[C@@H](O)[C@H](NCC(=O)[C@@H](O)[C@@H]3OC(c4ccccc4)OC[C@H]3O)[C@@H]2O)C[C@@H]2O[C@](O)(C[C@@H](O)C[C@@H](O)[C@H](O)CC[C@@H](O)C[C@H](O)CC(=O)O[C@H]1C)C[C@H](O)[C@H]2C(=O)O. The Balaban J connectivity index is 1.35. The summed E-state index contributed by atoms with van der Waals surface area (Å²) in [6.45, 7) is 5.75. The van der Waals surface area contributed by atoms with E-state index >= 15 is 0 Å². The number of ketones is 1. The fourth-order valence-electron chi connectivity index (χ4n) is 10.3. The molecule has 0 saturated carbocycles. The Bertz CT molecular complexity index is 2360. The molecule has 1 unspecified atom stereocenters. The number of allylic oxidation sites excluding steroid dienone is 12. The number of carbonyl (C=O) groups is 3. The number of fused-ring (bicyclic) bond motifs is 2. The lowest BCUT2D eigenvalue weighted by atomic mass is 9.82. The largest absolute Gasteiger partial charge is 0.481 e. The second-order valence-electron chi connectivity index (χ2n) is 22.1. The Hall–Kier alpha value is -4.71. The molecule has 464 valence electrons. The molecule has 2 bridgehead atoms. The fraction of sp³-hybridized carbons (Fsp3) is 0.617. The molecule has 0 aromatic heterocycles. The van der Waals surface area contributed by atoms with Gasteiger partial charge in [0.1, 0.15) is 36.4 Å². The number of rotatable bonds is 9. The van der Waals surface area contributed by atoms with Gasteiger partial charge in [-0.2, -0.15) is 0 Å². The van der Waals surface area contributed by atoms with Crippen LogP contribution in [0.4, 0.5) is 0 Å². The zero-order valence-corrected chi connectivity index (χ0v) is 47.2. The van der Waals surface area contributed by atoms with Crippen LogP contribution in [0.15, 0.2) is 115 Å². The van der Waals surface area contributed by atoms with Crippen molar-refractivity contribution in [1.82, 2.24) is 5.32 Å². The molecule has 0 radical (unpaired) electrons. The van der Waals surface area contributed by atoms with Crippen molar-refractivity contribution in [3.63, 3.8) is 0 Å². The summed E-state index contributed by atoms with van der Waals surface area (Å²) >= 11 is 0. The van der Waals surface area contributed by atoms with E-state index in [1.165, 1.54) is 19.1 Å². The Morgan fingerprint density at radius 1 is 0.675 bits per heavy atom. The van der Waals surface area contributed by atoms with Gasteiger partial charge in [0.15, 0.2) is 24.2 Å². The molecule has 1 aromatic carbocycles. The van der Waals surface area contributed by atoms with Crippen LogP contribution in [0.2, 0.25) is 0 Å².